The number of benzene rings is 1. The van der Waals surface area contributed by atoms with Gasteiger partial charge in [0.05, 0.1) is 25.1 Å². The van der Waals surface area contributed by atoms with E-state index in [9.17, 15) is 9.59 Å². The molecule has 2 amide bonds. The second-order valence-electron chi connectivity index (χ2n) is 8.25. The van der Waals surface area contributed by atoms with Gasteiger partial charge in [0.1, 0.15) is 23.6 Å². The van der Waals surface area contributed by atoms with Crippen LogP contribution in [-0.4, -0.2) is 75.9 Å². The molecule has 2 aliphatic rings. The van der Waals surface area contributed by atoms with E-state index in [1.165, 1.54) is 10.9 Å². The summed E-state index contributed by atoms with van der Waals surface area (Å²) in [5, 5.41) is 12.2. The molecular weight excluding hydrogens is 474 g/mol. The maximum absolute atomic E-state index is 13.2. The van der Waals surface area contributed by atoms with Crippen LogP contribution < -0.4 is 10.1 Å². The molecule has 0 atom stereocenters. The van der Waals surface area contributed by atoms with E-state index < -0.39 is 0 Å². The topological polar surface area (TPSA) is 116 Å². The highest BCUT2D eigenvalue weighted by Gasteiger charge is 2.31. The van der Waals surface area contributed by atoms with Gasteiger partial charge in [0, 0.05) is 56.2 Å². The number of likely N-dealkylation sites (tertiary alicyclic amines) is 1. The fourth-order valence-corrected chi connectivity index (χ4v) is 4.22. The van der Waals surface area contributed by atoms with E-state index in [0.717, 1.165) is 6.42 Å². The van der Waals surface area contributed by atoms with Gasteiger partial charge in [-0.3, -0.25) is 14.3 Å². The fourth-order valence-electron chi connectivity index (χ4n) is 4.05. The molecule has 0 aliphatic carbocycles. The SMILES string of the molecule is COc1ccc(Cl)cc1-c1nn(CC(=O)N2CC(OC)C2)cc1NC(=O)c1cnn2c1N=CCC2. The molecule has 0 saturated carbocycles. The molecular formula is C23H24ClN7O4. The van der Waals surface area contributed by atoms with Gasteiger partial charge in [0.15, 0.2) is 5.82 Å². The molecule has 3 aromatic rings. The molecule has 1 aromatic carbocycles. The number of anilines is 1. The average molecular weight is 498 g/mol. The van der Waals surface area contributed by atoms with E-state index in [-0.39, 0.29) is 24.5 Å². The largest absolute Gasteiger partial charge is 0.496 e. The van der Waals surface area contributed by atoms with Crippen molar-refractivity contribution in [1.82, 2.24) is 24.5 Å². The van der Waals surface area contributed by atoms with E-state index in [1.807, 2.05) is 0 Å². The van der Waals surface area contributed by atoms with Crippen LogP contribution in [0.1, 0.15) is 16.8 Å². The number of amides is 2. The van der Waals surface area contributed by atoms with Gasteiger partial charge in [-0.1, -0.05) is 11.6 Å². The molecule has 2 aliphatic heterocycles. The second kappa shape index (κ2) is 9.51. The Morgan fingerprint density at radius 3 is 2.86 bits per heavy atom. The van der Waals surface area contributed by atoms with Crippen LogP contribution in [-0.2, 0) is 22.6 Å². The number of halogens is 1. The third-order valence-corrected chi connectivity index (χ3v) is 6.23. The number of carbonyl (C=O) groups is 2. The van der Waals surface area contributed by atoms with Crippen molar-refractivity contribution in [3.8, 4) is 17.0 Å². The first-order valence-electron chi connectivity index (χ1n) is 11.1. The Morgan fingerprint density at radius 2 is 2.09 bits per heavy atom. The zero-order valence-electron chi connectivity index (χ0n) is 19.3. The highest BCUT2D eigenvalue weighted by molar-refractivity contribution is 6.31. The van der Waals surface area contributed by atoms with Crippen LogP contribution in [0.3, 0.4) is 0 Å². The fraction of sp³-hybridized carbons (Fsp3) is 0.348. The van der Waals surface area contributed by atoms with Crippen molar-refractivity contribution >= 4 is 41.1 Å². The van der Waals surface area contributed by atoms with Gasteiger partial charge in [-0.25, -0.2) is 9.67 Å². The van der Waals surface area contributed by atoms with Crippen LogP contribution in [0.15, 0.2) is 35.6 Å². The normalized spacial score (nSPS) is 15.0. The number of rotatable bonds is 7. The van der Waals surface area contributed by atoms with Gasteiger partial charge >= 0.3 is 0 Å². The standard InChI is InChI=1S/C23H24ClN7O4/c1-34-15-10-29(11-15)20(32)13-30-12-18(21(28-30)16-8-14(24)4-5-19(16)35-2)27-23(33)17-9-26-31-7-3-6-25-22(17)31/h4-6,8-9,12,15H,3,7,10-11,13H2,1-2H3,(H,27,33). The lowest BCUT2D eigenvalue weighted by atomic mass is 10.1. The predicted molar refractivity (Wildman–Crippen MR) is 130 cm³/mol. The smallest absolute Gasteiger partial charge is 0.261 e. The lowest BCUT2D eigenvalue weighted by molar-refractivity contribution is -0.143. The number of hydrogen-bond acceptors (Lipinski definition) is 7. The minimum Gasteiger partial charge on any atom is -0.496 e. The van der Waals surface area contributed by atoms with Crippen molar-refractivity contribution in [3.05, 3.63) is 41.2 Å². The zero-order chi connectivity index (χ0) is 24.5. The molecule has 0 bridgehead atoms. The van der Waals surface area contributed by atoms with E-state index >= 15 is 0 Å². The Morgan fingerprint density at radius 1 is 1.26 bits per heavy atom. The van der Waals surface area contributed by atoms with E-state index in [1.54, 1.807) is 54.4 Å². The Hall–Kier alpha value is -3.70. The number of ether oxygens (including phenoxy) is 2. The Bertz CT molecular complexity index is 1310. The number of hydrogen-bond donors (Lipinski definition) is 1. The summed E-state index contributed by atoms with van der Waals surface area (Å²) in [6.07, 6.45) is 5.71. The summed E-state index contributed by atoms with van der Waals surface area (Å²) >= 11 is 6.25. The van der Waals surface area contributed by atoms with Gasteiger partial charge in [-0.05, 0) is 18.2 Å². The van der Waals surface area contributed by atoms with Gasteiger partial charge in [0.25, 0.3) is 5.91 Å². The first-order chi connectivity index (χ1) is 17.0. The van der Waals surface area contributed by atoms with Crippen molar-refractivity contribution in [3.63, 3.8) is 0 Å². The van der Waals surface area contributed by atoms with Crippen molar-refractivity contribution in [2.75, 3.05) is 32.6 Å². The van der Waals surface area contributed by atoms with E-state index in [4.69, 9.17) is 21.1 Å². The monoisotopic (exact) mass is 497 g/mol. The van der Waals surface area contributed by atoms with Crippen molar-refractivity contribution in [2.24, 2.45) is 4.99 Å². The number of aromatic nitrogens is 4. The lowest BCUT2D eigenvalue weighted by Gasteiger charge is -2.38. The first kappa shape index (κ1) is 23.1. The van der Waals surface area contributed by atoms with E-state index in [2.05, 4.69) is 20.5 Å². The molecule has 5 rings (SSSR count). The second-order valence-corrected chi connectivity index (χ2v) is 8.69. The maximum Gasteiger partial charge on any atom is 0.261 e. The third kappa shape index (κ3) is 4.52. The minimum absolute atomic E-state index is 0.00959. The first-order valence-corrected chi connectivity index (χ1v) is 11.5. The number of fused-ring (bicyclic) bond motifs is 1. The zero-order valence-corrected chi connectivity index (χ0v) is 20.0. The van der Waals surface area contributed by atoms with Gasteiger partial charge in [0.2, 0.25) is 5.91 Å². The third-order valence-electron chi connectivity index (χ3n) is 6.00. The lowest BCUT2D eigenvalue weighted by Crippen LogP contribution is -2.55. The van der Waals surface area contributed by atoms with Gasteiger partial charge < -0.3 is 19.7 Å². The Kier molecular flexibility index (Phi) is 6.27. The van der Waals surface area contributed by atoms with Crippen LogP contribution in [0, 0.1) is 0 Å². The van der Waals surface area contributed by atoms with Gasteiger partial charge in [-0.2, -0.15) is 10.2 Å². The summed E-state index contributed by atoms with van der Waals surface area (Å²) in [5.74, 6) is 0.552. The van der Waals surface area contributed by atoms with Crippen LogP contribution in [0.2, 0.25) is 5.02 Å². The number of aliphatic imine (C=N–C) groups is 1. The number of carbonyl (C=O) groups excluding carboxylic acids is 2. The quantitative estimate of drug-likeness (QED) is 0.536. The number of nitrogens with zero attached hydrogens (tertiary/aromatic N) is 6. The van der Waals surface area contributed by atoms with Crippen molar-refractivity contribution in [2.45, 2.75) is 25.6 Å². The van der Waals surface area contributed by atoms with Crippen LogP contribution in [0.5, 0.6) is 5.75 Å². The maximum atomic E-state index is 13.2. The molecule has 0 unspecified atom stereocenters. The highest BCUT2D eigenvalue weighted by Crippen LogP contribution is 2.36. The summed E-state index contributed by atoms with van der Waals surface area (Å²) in [7, 11) is 3.17. The van der Waals surface area contributed by atoms with Crippen LogP contribution in [0.4, 0.5) is 11.5 Å². The highest BCUT2D eigenvalue weighted by atomic mass is 35.5. The van der Waals surface area contributed by atoms with Crippen LogP contribution >= 0.6 is 11.6 Å². The molecule has 182 valence electrons. The average Bonchev–Trinajstić information content (AvgIpc) is 3.42. The predicted octanol–water partition coefficient (Wildman–Crippen LogP) is 2.62. The summed E-state index contributed by atoms with van der Waals surface area (Å²) in [4.78, 5) is 31.9. The molecule has 11 nitrogen and oxygen atoms in total. The van der Waals surface area contributed by atoms with E-state index in [0.29, 0.717) is 58.7 Å². The molecule has 4 heterocycles. The molecule has 1 fully saturated rings. The number of nitrogens with one attached hydrogen (secondary N) is 1. The molecule has 1 saturated heterocycles. The molecule has 35 heavy (non-hydrogen) atoms. The molecule has 12 heteroatoms. The molecule has 2 aromatic heterocycles. The number of methoxy groups -OCH3 is 2. The Balaban J connectivity index is 1.46. The summed E-state index contributed by atoms with van der Waals surface area (Å²) in [6, 6.07) is 5.13. The summed E-state index contributed by atoms with van der Waals surface area (Å²) < 4.78 is 13.9. The summed E-state index contributed by atoms with van der Waals surface area (Å²) in [5.41, 5.74) is 1.76. The van der Waals surface area contributed by atoms with Crippen molar-refractivity contribution < 1.29 is 19.1 Å². The van der Waals surface area contributed by atoms with Crippen LogP contribution in [0.25, 0.3) is 11.3 Å². The van der Waals surface area contributed by atoms with Crippen molar-refractivity contribution in [1.29, 1.82) is 0 Å². The molecule has 1 N–H and O–H groups in total. The Labute approximate surface area is 206 Å². The minimum atomic E-state index is -0.385. The van der Waals surface area contributed by atoms with Gasteiger partial charge in [-0.15, -0.1) is 0 Å². The molecule has 0 spiro atoms. The summed E-state index contributed by atoms with van der Waals surface area (Å²) in [6.45, 7) is 1.76. The number of aryl methyl sites for hydroxylation is 1. The molecule has 0 radical (unpaired) electrons.